The summed E-state index contributed by atoms with van der Waals surface area (Å²) in [5.41, 5.74) is 3.80. The number of unbranched alkanes of at least 4 members (excludes halogenated alkanes) is 6. The van der Waals surface area contributed by atoms with E-state index >= 15 is 0 Å². The van der Waals surface area contributed by atoms with Crippen molar-refractivity contribution in [1.82, 2.24) is 0 Å². The lowest BCUT2D eigenvalue weighted by Gasteiger charge is -2.28. The molecule has 0 fully saturated rings. The van der Waals surface area contributed by atoms with Crippen molar-refractivity contribution in [2.75, 3.05) is 21.3 Å². The summed E-state index contributed by atoms with van der Waals surface area (Å²) in [6.45, 7) is 6.03. The van der Waals surface area contributed by atoms with E-state index < -0.39 is 5.97 Å². The number of methoxy groups -OCH3 is 3. The molecule has 3 heteroatoms. The van der Waals surface area contributed by atoms with Gasteiger partial charge in [-0.25, -0.2) is 0 Å². The van der Waals surface area contributed by atoms with Crippen molar-refractivity contribution in [3.63, 3.8) is 0 Å². The molecular formula is C22H36O3. The van der Waals surface area contributed by atoms with Crippen LogP contribution < -0.4 is 0 Å². The molecule has 1 aromatic carbocycles. The third kappa shape index (κ3) is 8.17. The number of allylic oxidation sites excluding steroid dienone is 1. The van der Waals surface area contributed by atoms with Crippen LogP contribution >= 0.6 is 0 Å². The zero-order chi connectivity index (χ0) is 18.5. The lowest BCUT2D eigenvalue weighted by atomic mass is 10.0. The highest BCUT2D eigenvalue weighted by Crippen LogP contribution is 2.21. The molecule has 0 saturated heterocycles. The van der Waals surface area contributed by atoms with E-state index in [0.29, 0.717) is 0 Å². The fourth-order valence-electron chi connectivity index (χ4n) is 3.07. The van der Waals surface area contributed by atoms with Crippen LogP contribution in [-0.4, -0.2) is 27.3 Å². The van der Waals surface area contributed by atoms with E-state index in [1.54, 1.807) is 21.3 Å². The predicted molar refractivity (Wildman–Crippen MR) is 106 cm³/mol. The minimum atomic E-state index is -0.861. The average molecular weight is 349 g/mol. The number of aryl methyl sites for hydroxylation is 1. The van der Waals surface area contributed by atoms with E-state index in [4.69, 9.17) is 14.2 Å². The molecule has 0 unspecified atom stereocenters. The first-order valence-corrected chi connectivity index (χ1v) is 9.47. The van der Waals surface area contributed by atoms with Crippen LogP contribution in [0.3, 0.4) is 0 Å². The average Bonchev–Trinajstić information content (AvgIpc) is 2.64. The van der Waals surface area contributed by atoms with E-state index in [2.05, 4.69) is 37.8 Å². The summed E-state index contributed by atoms with van der Waals surface area (Å²) in [7, 11) is 4.87. The summed E-state index contributed by atoms with van der Waals surface area (Å²) in [4.78, 5) is 0. The van der Waals surface area contributed by atoms with Gasteiger partial charge in [0.2, 0.25) is 0 Å². The van der Waals surface area contributed by atoms with E-state index in [1.807, 2.05) is 0 Å². The van der Waals surface area contributed by atoms with Gasteiger partial charge >= 0.3 is 0 Å². The van der Waals surface area contributed by atoms with Crippen LogP contribution in [0.2, 0.25) is 0 Å². The van der Waals surface area contributed by atoms with Gasteiger partial charge in [0.05, 0.1) is 0 Å². The van der Waals surface area contributed by atoms with Gasteiger partial charge in [-0.05, 0) is 37.3 Å². The van der Waals surface area contributed by atoms with Crippen molar-refractivity contribution in [2.24, 2.45) is 0 Å². The van der Waals surface area contributed by atoms with Crippen molar-refractivity contribution in [3.05, 3.63) is 42.0 Å². The van der Waals surface area contributed by atoms with E-state index in [9.17, 15) is 0 Å². The molecule has 1 rings (SSSR count). The molecule has 25 heavy (non-hydrogen) atoms. The Labute approximate surface area is 154 Å². The molecule has 0 aliphatic carbocycles. The number of benzene rings is 1. The Morgan fingerprint density at radius 2 is 1.28 bits per heavy atom. The van der Waals surface area contributed by atoms with Crippen LogP contribution in [0, 0.1) is 0 Å². The SMILES string of the molecule is C=C(C)c1ccc(CCCCCCCCCC(OC)(OC)OC)cc1. The number of hydrogen-bond acceptors (Lipinski definition) is 3. The Hall–Kier alpha value is -1.16. The van der Waals surface area contributed by atoms with Gasteiger partial charge in [0.1, 0.15) is 0 Å². The summed E-state index contributed by atoms with van der Waals surface area (Å²) in [5.74, 6) is -0.861. The topological polar surface area (TPSA) is 27.7 Å². The smallest absolute Gasteiger partial charge is 0.282 e. The summed E-state index contributed by atoms with van der Waals surface area (Å²) < 4.78 is 15.9. The van der Waals surface area contributed by atoms with Crippen molar-refractivity contribution >= 4 is 5.57 Å². The Kier molecular flexibility index (Phi) is 10.7. The number of ether oxygens (including phenoxy) is 3. The minimum Gasteiger partial charge on any atom is -0.331 e. The van der Waals surface area contributed by atoms with Crippen molar-refractivity contribution < 1.29 is 14.2 Å². The zero-order valence-corrected chi connectivity index (χ0v) is 16.6. The maximum Gasteiger partial charge on any atom is 0.282 e. The van der Waals surface area contributed by atoms with Gasteiger partial charge in [-0.15, -0.1) is 0 Å². The molecule has 0 radical (unpaired) electrons. The lowest BCUT2D eigenvalue weighted by molar-refractivity contribution is -0.355. The second-order valence-electron chi connectivity index (χ2n) is 6.75. The Balaban J connectivity index is 2.04. The van der Waals surface area contributed by atoms with Crippen LogP contribution in [0.5, 0.6) is 0 Å². The largest absolute Gasteiger partial charge is 0.331 e. The molecule has 0 aliphatic rings. The quantitative estimate of drug-likeness (QED) is 0.306. The van der Waals surface area contributed by atoms with Crippen LogP contribution in [0.1, 0.15) is 69.4 Å². The molecule has 0 aliphatic heterocycles. The van der Waals surface area contributed by atoms with E-state index in [0.717, 1.165) is 18.4 Å². The van der Waals surface area contributed by atoms with E-state index in [-0.39, 0.29) is 0 Å². The summed E-state index contributed by atoms with van der Waals surface area (Å²) >= 11 is 0. The van der Waals surface area contributed by atoms with E-state index in [1.165, 1.54) is 56.1 Å². The van der Waals surface area contributed by atoms with Crippen LogP contribution in [-0.2, 0) is 20.6 Å². The van der Waals surface area contributed by atoms with Crippen molar-refractivity contribution in [3.8, 4) is 0 Å². The van der Waals surface area contributed by atoms with Gasteiger partial charge in [-0.2, -0.15) is 0 Å². The van der Waals surface area contributed by atoms with Gasteiger partial charge in [0, 0.05) is 27.8 Å². The lowest BCUT2D eigenvalue weighted by Crippen LogP contribution is -2.35. The molecule has 0 heterocycles. The van der Waals surface area contributed by atoms with Crippen LogP contribution in [0.15, 0.2) is 30.8 Å². The molecule has 142 valence electrons. The first kappa shape index (κ1) is 21.9. The first-order chi connectivity index (χ1) is 12.1. The highest BCUT2D eigenvalue weighted by molar-refractivity contribution is 5.61. The van der Waals surface area contributed by atoms with Crippen molar-refractivity contribution in [1.29, 1.82) is 0 Å². The molecule has 3 nitrogen and oxygen atoms in total. The van der Waals surface area contributed by atoms with Crippen LogP contribution in [0.25, 0.3) is 5.57 Å². The van der Waals surface area contributed by atoms with Crippen LogP contribution in [0.4, 0.5) is 0 Å². The molecule has 0 atom stereocenters. The molecule has 1 aromatic rings. The summed E-state index contributed by atoms with van der Waals surface area (Å²) in [6.07, 6.45) is 10.7. The predicted octanol–water partition coefficient (Wildman–Crippen LogP) is 5.98. The third-order valence-corrected chi connectivity index (χ3v) is 4.83. The Bertz CT molecular complexity index is 466. The second kappa shape index (κ2) is 12.2. The minimum absolute atomic E-state index is 0.774. The van der Waals surface area contributed by atoms with Gasteiger partial charge in [0.25, 0.3) is 5.97 Å². The highest BCUT2D eigenvalue weighted by Gasteiger charge is 2.28. The standard InChI is InChI=1S/C22H36O3/c1-19(2)21-16-14-20(15-17-21)13-11-9-7-6-8-10-12-18-22(23-3,24-4)25-5/h14-17H,1,6-13,18H2,2-5H3. The maximum atomic E-state index is 5.31. The molecule has 0 spiro atoms. The molecule has 0 bridgehead atoms. The van der Waals surface area contributed by atoms with Gasteiger partial charge in [0.15, 0.2) is 0 Å². The number of hydrogen-bond donors (Lipinski definition) is 0. The number of rotatable bonds is 14. The molecule has 0 saturated carbocycles. The summed E-state index contributed by atoms with van der Waals surface area (Å²) in [6, 6.07) is 8.82. The third-order valence-electron chi connectivity index (χ3n) is 4.83. The summed E-state index contributed by atoms with van der Waals surface area (Å²) in [5, 5.41) is 0. The molecular weight excluding hydrogens is 312 g/mol. The maximum absolute atomic E-state index is 5.31. The molecule has 0 aromatic heterocycles. The molecule has 0 amide bonds. The van der Waals surface area contributed by atoms with Gasteiger partial charge in [-0.3, -0.25) is 0 Å². The Morgan fingerprint density at radius 3 is 1.76 bits per heavy atom. The second-order valence-corrected chi connectivity index (χ2v) is 6.75. The first-order valence-electron chi connectivity index (χ1n) is 9.47. The fraction of sp³-hybridized carbons (Fsp3) is 0.636. The normalized spacial score (nSPS) is 11.7. The fourth-order valence-corrected chi connectivity index (χ4v) is 3.07. The highest BCUT2D eigenvalue weighted by atomic mass is 16.9. The zero-order valence-electron chi connectivity index (χ0n) is 16.6. The van der Waals surface area contributed by atoms with Gasteiger partial charge in [-0.1, -0.05) is 68.5 Å². The Morgan fingerprint density at radius 1 is 0.800 bits per heavy atom. The van der Waals surface area contributed by atoms with Gasteiger partial charge < -0.3 is 14.2 Å². The van der Waals surface area contributed by atoms with Crippen molar-refractivity contribution in [2.45, 2.75) is 70.7 Å². The molecule has 0 N–H and O–H groups in total. The monoisotopic (exact) mass is 348 g/mol.